The van der Waals surface area contributed by atoms with E-state index in [1.807, 2.05) is 66.8 Å². The summed E-state index contributed by atoms with van der Waals surface area (Å²) >= 11 is 1.47. The molecule has 0 spiro atoms. The summed E-state index contributed by atoms with van der Waals surface area (Å²) in [5.41, 5.74) is 4.94. The van der Waals surface area contributed by atoms with Crippen molar-refractivity contribution in [3.05, 3.63) is 93.3 Å². The van der Waals surface area contributed by atoms with Gasteiger partial charge >= 0.3 is 0 Å². The highest BCUT2D eigenvalue weighted by Crippen LogP contribution is 2.30. The summed E-state index contributed by atoms with van der Waals surface area (Å²) < 4.78 is 9.02. The van der Waals surface area contributed by atoms with Crippen LogP contribution in [0.1, 0.15) is 27.0 Å². The monoisotopic (exact) mass is 470 g/mol. The van der Waals surface area contributed by atoms with Crippen LogP contribution in [0.5, 0.6) is 5.75 Å². The van der Waals surface area contributed by atoms with Crippen molar-refractivity contribution in [2.24, 2.45) is 0 Å². The molecule has 2 heterocycles. The molecular formula is C26H22N4O3S. The van der Waals surface area contributed by atoms with Crippen LogP contribution in [0, 0.1) is 13.8 Å². The van der Waals surface area contributed by atoms with E-state index in [1.165, 1.54) is 11.8 Å². The SMILES string of the molecule is COc1ccc(C=O)cc1CSc1nnc2n(-c3cccc(C)c3C)c(=O)c3ccccc3n12. The van der Waals surface area contributed by atoms with Crippen LogP contribution in [0.3, 0.4) is 0 Å². The standard InChI is InChI=1S/C26H22N4O3S/c1-16-7-6-10-21(17(16)2)29-24(32)20-8-4-5-9-22(20)30-25(29)27-28-26(30)34-15-19-13-18(14-31)11-12-23(19)33-3/h4-14H,15H2,1-3H3. The van der Waals surface area contributed by atoms with Crippen LogP contribution in [0.4, 0.5) is 0 Å². The maximum Gasteiger partial charge on any atom is 0.267 e. The van der Waals surface area contributed by atoms with Gasteiger partial charge in [0.2, 0.25) is 5.78 Å². The molecule has 0 aliphatic rings. The van der Waals surface area contributed by atoms with Crippen molar-refractivity contribution >= 4 is 34.7 Å². The van der Waals surface area contributed by atoms with Crippen LogP contribution < -0.4 is 10.3 Å². The normalized spacial score (nSPS) is 11.3. The topological polar surface area (TPSA) is 78.5 Å². The largest absolute Gasteiger partial charge is 0.496 e. The zero-order chi connectivity index (χ0) is 23.8. The van der Waals surface area contributed by atoms with Gasteiger partial charge in [-0.1, -0.05) is 36.0 Å². The van der Waals surface area contributed by atoms with E-state index in [2.05, 4.69) is 10.2 Å². The fourth-order valence-electron chi connectivity index (χ4n) is 4.09. The van der Waals surface area contributed by atoms with Crippen LogP contribution in [0.2, 0.25) is 0 Å². The highest BCUT2D eigenvalue weighted by molar-refractivity contribution is 7.98. The molecule has 0 atom stereocenters. The molecule has 0 saturated carbocycles. The number of benzene rings is 3. The lowest BCUT2D eigenvalue weighted by Gasteiger charge is -2.14. The molecular weight excluding hydrogens is 448 g/mol. The number of aromatic nitrogens is 4. The lowest BCUT2D eigenvalue weighted by atomic mass is 10.1. The van der Waals surface area contributed by atoms with E-state index in [4.69, 9.17) is 4.74 Å². The maximum atomic E-state index is 13.6. The first-order chi connectivity index (χ1) is 16.5. The molecule has 8 heteroatoms. The number of hydrogen-bond acceptors (Lipinski definition) is 6. The van der Waals surface area contributed by atoms with Crippen LogP contribution in [0.15, 0.2) is 70.6 Å². The molecule has 0 aliphatic carbocycles. The Morgan fingerprint density at radius 3 is 2.65 bits per heavy atom. The zero-order valence-corrected chi connectivity index (χ0v) is 19.8. The van der Waals surface area contributed by atoms with Gasteiger partial charge < -0.3 is 4.74 Å². The number of carbonyl (C=O) groups is 1. The van der Waals surface area contributed by atoms with Crippen molar-refractivity contribution in [3.8, 4) is 11.4 Å². The molecule has 3 aromatic carbocycles. The number of methoxy groups -OCH3 is 1. The Labute approximate surface area is 200 Å². The summed E-state index contributed by atoms with van der Waals surface area (Å²) in [7, 11) is 1.60. The second-order valence-electron chi connectivity index (χ2n) is 7.97. The first-order valence-corrected chi connectivity index (χ1v) is 11.7. The predicted molar refractivity (Wildman–Crippen MR) is 134 cm³/mol. The number of carbonyl (C=O) groups excluding carboxylic acids is 1. The number of hydrogen-bond donors (Lipinski definition) is 0. The van der Waals surface area contributed by atoms with E-state index >= 15 is 0 Å². The molecule has 0 unspecified atom stereocenters. The highest BCUT2D eigenvalue weighted by Gasteiger charge is 2.19. The minimum absolute atomic E-state index is 0.138. The molecule has 0 radical (unpaired) electrons. The Hall–Kier alpha value is -3.91. The van der Waals surface area contributed by atoms with Crippen LogP contribution in [-0.4, -0.2) is 32.6 Å². The first-order valence-electron chi connectivity index (χ1n) is 10.7. The number of thioether (sulfide) groups is 1. The molecule has 7 nitrogen and oxygen atoms in total. The number of rotatable bonds is 6. The van der Waals surface area contributed by atoms with Crippen LogP contribution >= 0.6 is 11.8 Å². The summed E-state index contributed by atoms with van der Waals surface area (Å²) in [6, 6.07) is 18.7. The highest BCUT2D eigenvalue weighted by atomic mass is 32.2. The Balaban J connectivity index is 1.71. The maximum absolute atomic E-state index is 13.6. The summed E-state index contributed by atoms with van der Waals surface area (Å²) in [5, 5.41) is 10.1. The van der Waals surface area contributed by atoms with Crippen molar-refractivity contribution in [1.29, 1.82) is 0 Å². The molecule has 0 N–H and O–H groups in total. The van der Waals surface area contributed by atoms with E-state index in [0.717, 1.165) is 34.2 Å². The minimum atomic E-state index is -0.138. The average Bonchev–Trinajstić information content (AvgIpc) is 3.29. The molecule has 0 saturated heterocycles. The van der Waals surface area contributed by atoms with Gasteiger partial charge in [0.1, 0.15) is 12.0 Å². The molecule has 0 fully saturated rings. The van der Waals surface area contributed by atoms with E-state index in [0.29, 0.717) is 33.4 Å². The zero-order valence-electron chi connectivity index (χ0n) is 19.0. The van der Waals surface area contributed by atoms with Gasteiger partial charge in [0.05, 0.1) is 23.7 Å². The van der Waals surface area contributed by atoms with Crippen molar-refractivity contribution in [2.75, 3.05) is 7.11 Å². The number of ether oxygens (including phenoxy) is 1. The van der Waals surface area contributed by atoms with E-state index in [9.17, 15) is 9.59 Å². The summed E-state index contributed by atoms with van der Waals surface area (Å²) in [4.78, 5) is 24.8. The smallest absolute Gasteiger partial charge is 0.267 e. The number of fused-ring (bicyclic) bond motifs is 3. The quantitative estimate of drug-likeness (QED) is 0.263. The van der Waals surface area contributed by atoms with Gasteiger partial charge in [-0.15, -0.1) is 10.2 Å². The summed E-state index contributed by atoms with van der Waals surface area (Å²) in [6.07, 6.45) is 0.816. The van der Waals surface area contributed by atoms with Crippen LogP contribution in [-0.2, 0) is 5.75 Å². The van der Waals surface area contributed by atoms with Gasteiger partial charge in [-0.25, -0.2) is 4.57 Å². The number of para-hydroxylation sites is 1. The Bertz CT molecular complexity index is 1620. The Morgan fingerprint density at radius 2 is 1.85 bits per heavy atom. The lowest BCUT2D eigenvalue weighted by molar-refractivity contribution is 0.112. The molecule has 34 heavy (non-hydrogen) atoms. The third-order valence-corrected chi connectivity index (χ3v) is 6.99. The van der Waals surface area contributed by atoms with Gasteiger partial charge in [0, 0.05) is 16.9 Å². The summed E-state index contributed by atoms with van der Waals surface area (Å²) in [6.45, 7) is 4.02. The second-order valence-corrected chi connectivity index (χ2v) is 8.92. The van der Waals surface area contributed by atoms with E-state index in [-0.39, 0.29) is 5.56 Å². The fourth-order valence-corrected chi connectivity index (χ4v) is 5.01. The van der Waals surface area contributed by atoms with Gasteiger partial charge in [-0.05, 0) is 61.4 Å². The van der Waals surface area contributed by atoms with Gasteiger partial charge in [-0.3, -0.25) is 14.0 Å². The fraction of sp³-hybridized carbons (Fsp3) is 0.154. The number of nitrogens with zero attached hydrogens (tertiary/aromatic N) is 4. The minimum Gasteiger partial charge on any atom is -0.496 e. The summed E-state index contributed by atoms with van der Waals surface area (Å²) in [5.74, 6) is 1.67. The Morgan fingerprint density at radius 1 is 1.03 bits per heavy atom. The molecule has 0 aliphatic heterocycles. The molecule has 170 valence electrons. The molecule has 5 rings (SSSR count). The average molecular weight is 471 g/mol. The molecule has 0 bridgehead atoms. The number of aldehydes is 1. The van der Waals surface area contributed by atoms with Gasteiger partial charge in [0.15, 0.2) is 5.16 Å². The van der Waals surface area contributed by atoms with Crippen molar-refractivity contribution in [1.82, 2.24) is 19.2 Å². The molecule has 0 amide bonds. The van der Waals surface area contributed by atoms with Gasteiger partial charge in [-0.2, -0.15) is 0 Å². The Kier molecular flexibility index (Phi) is 5.67. The predicted octanol–water partition coefficient (Wildman–Crippen LogP) is 4.76. The van der Waals surface area contributed by atoms with Crippen molar-refractivity contribution < 1.29 is 9.53 Å². The van der Waals surface area contributed by atoms with E-state index < -0.39 is 0 Å². The van der Waals surface area contributed by atoms with Crippen molar-refractivity contribution in [3.63, 3.8) is 0 Å². The second kappa shape index (κ2) is 8.79. The third-order valence-electron chi connectivity index (χ3n) is 6.01. The van der Waals surface area contributed by atoms with Crippen LogP contribution in [0.25, 0.3) is 22.4 Å². The molecule has 2 aromatic heterocycles. The first kappa shape index (κ1) is 21.9. The third kappa shape index (κ3) is 3.56. The van der Waals surface area contributed by atoms with E-state index in [1.54, 1.807) is 23.8 Å². The van der Waals surface area contributed by atoms with Gasteiger partial charge in [0.25, 0.3) is 5.56 Å². The lowest BCUT2D eigenvalue weighted by Crippen LogP contribution is -2.22. The van der Waals surface area contributed by atoms with Crippen molar-refractivity contribution in [2.45, 2.75) is 24.8 Å². The number of aryl methyl sites for hydroxylation is 1. The molecule has 5 aromatic rings.